The third kappa shape index (κ3) is 2.45. The van der Waals surface area contributed by atoms with Crippen LogP contribution in [0.1, 0.15) is 55.8 Å². The largest absolute Gasteiger partial charge is 0.313 e. The van der Waals surface area contributed by atoms with Crippen LogP contribution in [-0.2, 0) is 12.8 Å². The SMILES string of the molecule is CCc1ccc(C(NC)C2CC3CC3C2)cc1CC. The standard InChI is InChI=1S/C18H27N/c1-4-12-6-7-14(8-13(12)5-2)18(19-3)17-10-15-9-16(15)11-17/h6-8,15-19H,4-5,9-11H2,1-3H3. The summed E-state index contributed by atoms with van der Waals surface area (Å²) in [4.78, 5) is 0. The predicted octanol–water partition coefficient (Wildman–Crippen LogP) is 4.12. The summed E-state index contributed by atoms with van der Waals surface area (Å²) in [5.41, 5.74) is 4.58. The van der Waals surface area contributed by atoms with Gasteiger partial charge in [-0.05, 0) is 73.6 Å². The van der Waals surface area contributed by atoms with Crippen LogP contribution in [0.25, 0.3) is 0 Å². The lowest BCUT2D eigenvalue weighted by Gasteiger charge is -2.26. The second-order valence-electron chi connectivity index (χ2n) is 6.49. The molecular formula is C18H27N. The van der Waals surface area contributed by atoms with Gasteiger partial charge in [-0.15, -0.1) is 0 Å². The molecule has 104 valence electrons. The molecule has 2 aliphatic rings. The molecule has 1 aromatic carbocycles. The first kappa shape index (κ1) is 13.2. The van der Waals surface area contributed by atoms with E-state index in [0.29, 0.717) is 6.04 Å². The number of rotatable bonds is 5. The third-order valence-electron chi connectivity index (χ3n) is 5.41. The van der Waals surface area contributed by atoms with Crippen LogP contribution in [-0.4, -0.2) is 7.05 Å². The minimum Gasteiger partial charge on any atom is -0.313 e. The second kappa shape index (κ2) is 5.28. The van der Waals surface area contributed by atoms with Crippen LogP contribution in [0.4, 0.5) is 0 Å². The lowest BCUT2D eigenvalue weighted by Crippen LogP contribution is -2.24. The van der Waals surface area contributed by atoms with Gasteiger partial charge in [0.2, 0.25) is 0 Å². The molecule has 2 aliphatic carbocycles. The van der Waals surface area contributed by atoms with E-state index in [4.69, 9.17) is 0 Å². The van der Waals surface area contributed by atoms with E-state index in [1.807, 2.05) is 0 Å². The Morgan fingerprint density at radius 1 is 1.05 bits per heavy atom. The van der Waals surface area contributed by atoms with Crippen LogP contribution in [0.2, 0.25) is 0 Å². The normalized spacial score (nSPS) is 30.2. The van der Waals surface area contributed by atoms with E-state index in [-0.39, 0.29) is 0 Å². The molecular weight excluding hydrogens is 230 g/mol. The molecule has 0 aliphatic heterocycles. The molecule has 1 nitrogen and oxygen atoms in total. The van der Waals surface area contributed by atoms with Crippen molar-refractivity contribution in [3.8, 4) is 0 Å². The summed E-state index contributed by atoms with van der Waals surface area (Å²) in [5.74, 6) is 3.01. The number of hydrogen-bond donors (Lipinski definition) is 1. The average Bonchev–Trinajstić information content (AvgIpc) is 3.06. The summed E-state index contributed by atoms with van der Waals surface area (Å²) >= 11 is 0. The Morgan fingerprint density at radius 3 is 2.32 bits per heavy atom. The number of benzene rings is 1. The van der Waals surface area contributed by atoms with Crippen molar-refractivity contribution >= 4 is 0 Å². The van der Waals surface area contributed by atoms with Gasteiger partial charge in [-0.2, -0.15) is 0 Å². The summed E-state index contributed by atoms with van der Waals surface area (Å²) in [6.45, 7) is 4.53. The molecule has 0 aromatic heterocycles. The Balaban J connectivity index is 1.82. The van der Waals surface area contributed by atoms with Crippen LogP contribution in [0.15, 0.2) is 18.2 Å². The van der Waals surface area contributed by atoms with Gasteiger partial charge in [0, 0.05) is 6.04 Å². The molecule has 19 heavy (non-hydrogen) atoms. The van der Waals surface area contributed by atoms with Gasteiger partial charge in [-0.25, -0.2) is 0 Å². The van der Waals surface area contributed by atoms with Crippen LogP contribution in [0.3, 0.4) is 0 Å². The van der Waals surface area contributed by atoms with Crippen molar-refractivity contribution in [3.63, 3.8) is 0 Å². The Bertz CT molecular complexity index is 441. The van der Waals surface area contributed by atoms with E-state index in [0.717, 1.165) is 30.6 Å². The van der Waals surface area contributed by atoms with Crippen LogP contribution >= 0.6 is 0 Å². The quantitative estimate of drug-likeness (QED) is 0.836. The number of aryl methyl sites for hydroxylation is 2. The fourth-order valence-electron chi connectivity index (χ4n) is 4.22. The van der Waals surface area contributed by atoms with Crippen molar-refractivity contribution < 1.29 is 0 Å². The summed E-state index contributed by atoms with van der Waals surface area (Å²) in [6.07, 6.45) is 6.73. The zero-order chi connectivity index (χ0) is 13.4. The lowest BCUT2D eigenvalue weighted by molar-refractivity contribution is 0.359. The molecule has 0 amide bonds. The highest BCUT2D eigenvalue weighted by atomic mass is 14.9. The Hall–Kier alpha value is -0.820. The second-order valence-corrected chi connectivity index (χ2v) is 6.49. The first-order valence-electron chi connectivity index (χ1n) is 8.05. The highest BCUT2D eigenvalue weighted by Gasteiger charge is 2.47. The minimum absolute atomic E-state index is 0.573. The van der Waals surface area contributed by atoms with Crippen molar-refractivity contribution in [2.45, 2.75) is 52.0 Å². The van der Waals surface area contributed by atoms with Gasteiger partial charge in [-0.1, -0.05) is 32.0 Å². The molecule has 0 spiro atoms. The number of nitrogens with one attached hydrogen (secondary N) is 1. The molecule has 3 rings (SSSR count). The molecule has 0 heterocycles. The predicted molar refractivity (Wildman–Crippen MR) is 81.3 cm³/mol. The maximum absolute atomic E-state index is 3.59. The Labute approximate surface area is 117 Å². The van der Waals surface area contributed by atoms with Gasteiger partial charge in [0.1, 0.15) is 0 Å². The molecule has 1 heteroatoms. The molecule has 1 aromatic rings. The van der Waals surface area contributed by atoms with Crippen LogP contribution in [0.5, 0.6) is 0 Å². The molecule has 2 fully saturated rings. The van der Waals surface area contributed by atoms with Crippen LogP contribution in [0, 0.1) is 17.8 Å². The smallest absolute Gasteiger partial charge is 0.0346 e. The maximum Gasteiger partial charge on any atom is 0.0346 e. The van der Waals surface area contributed by atoms with Crippen LogP contribution < -0.4 is 5.32 Å². The van der Waals surface area contributed by atoms with Gasteiger partial charge < -0.3 is 5.32 Å². The van der Waals surface area contributed by atoms with E-state index in [1.54, 1.807) is 5.56 Å². The minimum atomic E-state index is 0.573. The Kier molecular flexibility index (Phi) is 3.66. The zero-order valence-electron chi connectivity index (χ0n) is 12.6. The molecule has 3 atom stereocenters. The van der Waals surface area contributed by atoms with Crippen molar-refractivity contribution in [2.75, 3.05) is 7.05 Å². The topological polar surface area (TPSA) is 12.0 Å². The van der Waals surface area contributed by atoms with Gasteiger partial charge in [0.05, 0.1) is 0 Å². The fourth-order valence-corrected chi connectivity index (χ4v) is 4.22. The molecule has 3 unspecified atom stereocenters. The van der Waals surface area contributed by atoms with Gasteiger partial charge in [0.15, 0.2) is 0 Å². The van der Waals surface area contributed by atoms with E-state index < -0.39 is 0 Å². The summed E-state index contributed by atoms with van der Waals surface area (Å²) in [5, 5.41) is 3.59. The average molecular weight is 257 g/mol. The maximum atomic E-state index is 3.59. The van der Waals surface area contributed by atoms with E-state index in [1.165, 1.54) is 30.4 Å². The van der Waals surface area contributed by atoms with Crippen molar-refractivity contribution in [1.29, 1.82) is 0 Å². The van der Waals surface area contributed by atoms with Crippen molar-refractivity contribution in [3.05, 3.63) is 34.9 Å². The summed E-state index contributed by atoms with van der Waals surface area (Å²) in [6, 6.07) is 7.75. The molecule has 0 bridgehead atoms. The monoisotopic (exact) mass is 257 g/mol. The van der Waals surface area contributed by atoms with E-state index in [2.05, 4.69) is 44.4 Å². The molecule has 0 radical (unpaired) electrons. The van der Waals surface area contributed by atoms with E-state index >= 15 is 0 Å². The summed E-state index contributed by atoms with van der Waals surface area (Å²) in [7, 11) is 2.13. The highest BCUT2D eigenvalue weighted by molar-refractivity contribution is 5.34. The zero-order valence-corrected chi connectivity index (χ0v) is 12.6. The summed E-state index contributed by atoms with van der Waals surface area (Å²) < 4.78 is 0. The van der Waals surface area contributed by atoms with Gasteiger partial charge >= 0.3 is 0 Å². The van der Waals surface area contributed by atoms with Crippen molar-refractivity contribution in [1.82, 2.24) is 5.32 Å². The van der Waals surface area contributed by atoms with Crippen molar-refractivity contribution in [2.24, 2.45) is 17.8 Å². The first-order chi connectivity index (χ1) is 9.26. The third-order valence-corrected chi connectivity index (χ3v) is 5.41. The molecule has 2 saturated carbocycles. The highest BCUT2D eigenvalue weighted by Crippen LogP contribution is 2.57. The van der Waals surface area contributed by atoms with Gasteiger partial charge in [0.25, 0.3) is 0 Å². The number of hydrogen-bond acceptors (Lipinski definition) is 1. The fraction of sp³-hybridized carbons (Fsp3) is 0.667. The molecule has 0 saturated heterocycles. The molecule has 1 N–H and O–H groups in total. The first-order valence-corrected chi connectivity index (χ1v) is 8.05. The van der Waals surface area contributed by atoms with E-state index in [9.17, 15) is 0 Å². The van der Waals surface area contributed by atoms with Gasteiger partial charge in [-0.3, -0.25) is 0 Å². The number of fused-ring (bicyclic) bond motifs is 1. The lowest BCUT2D eigenvalue weighted by atomic mass is 9.87. The Morgan fingerprint density at radius 2 is 1.74 bits per heavy atom.